The first kappa shape index (κ1) is 18.3. The maximum atomic E-state index is 12.9. The Morgan fingerprint density at radius 1 is 0.857 bits per heavy atom. The maximum Gasteiger partial charge on any atom is 0.332 e. The molecule has 0 radical (unpaired) electrons. The Bertz CT molecular complexity index is 1240. The van der Waals surface area contributed by atoms with E-state index in [9.17, 15) is 9.59 Å². The summed E-state index contributed by atoms with van der Waals surface area (Å²) in [6.07, 6.45) is 0. The van der Waals surface area contributed by atoms with E-state index in [-0.39, 0.29) is 11.2 Å². The average molecular weight is 392 g/mol. The Hall–Kier alpha value is -3.06. The van der Waals surface area contributed by atoms with Crippen molar-refractivity contribution in [3.63, 3.8) is 0 Å². The molecule has 0 unspecified atom stereocenters. The van der Waals surface area contributed by atoms with Gasteiger partial charge in [0.2, 0.25) is 0 Å². The molecular formula is C21H20N4O2S. The molecule has 0 saturated heterocycles. The topological polar surface area (TPSA) is 61.8 Å². The molecule has 2 heterocycles. The number of benzene rings is 2. The molecule has 0 bridgehead atoms. The number of thioether (sulfide) groups is 1. The third-order valence-corrected chi connectivity index (χ3v) is 5.75. The van der Waals surface area contributed by atoms with Crippen LogP contribution in [0.2, 0.25) is 0 Å². The van der Waals surface area contributed by atoms with Gasteiger partial charge in [0.15, 0.2) is 16.3 Å². The first-order valence-electron chi connectivity index (χ1n) is 8.93. The molecule has 142 valence electrons. The fraction of sp³-hybridized carbons (Fsp3) is 0.190. The number of hydrogen-bond acceptors (Lipinski definition) is 4. The highest BCUT2D eigenvalue weighted by Crippen LogP contribution is 2.26. The molecule has 4 rings (SSSR count). The van der Waals surface area contributed by atoms with E-state index in [2.05, 4.69) is 17.1 Å². The van der Waals surface area contributed by atoms with Crippen molar-refractivity contribution in [2.45, 2.75) is 17.5 Å². The molecule has 0 aliphatic carbocycles. The van der Waals surface area contributed by atoms with Gasteiger partial charge in [0.25, 0.3) is 5.56 Å². The van der Waals surface area contributed by atoms with Crippen LogP contribution >= 0.6 is 11.8 Å². The largest absolute Gasteiger partial charge is 0.332 e. The monoisotopic (exact) mass is 392 g/mol. The summed E-state index contributed by atoms with van der Waals surface area (Å²) < 4.78 is 4.49. The van der Waals surface area contributed by atoms with E-state index < -0.39 is 0 Å². The summed E-state index contributed by atoms with van der Waals surface area (Å²) in [5, 5.41) is 0.723. The Morgan fingerprint density at radius 3 is 2.11 bits per heavy atom. The van der Waals surface area contributed by atoms with Crippen LogP contribution < -0.4 is 11.2 Å². The lowest BCUT2D eigenvalue weighted by Gasteiger charge is -2.09. The summed E-state index contributed by atoms with van der Waals surface area (Å²) in [5.41, 5.74) is 2.41. The zero-order valence-electron chi connectivity index (χ0n) is 15.7. The van der Waals surface area contributed by atoms with Crippen molar-refractivity contribution >= 4 is 22.9 Å². The van der Waals surface area contributed by atoms with E-state index in [1.165, 1.54) is 17.2 Å². The molecule has 0 atom stereocenters. The van der Waals surface area contributed by atoms with Crippen molar-refractivity contribution in [1.82, 2.24) is 18.7 Å². The molecule has 0 spiro atoms. The summed E-state index contributed by atoms with van der Waals surface area (Å²) in [7, 11) is 3.15. The summed E-state index contributed by atoms with van der Waals surface area (Å²) in [6.45, 7) is 0.516. The van der Waals surface area contributed by atoms with E-state index in [0.29, 0.717) is 17.7 Å². The van der Waals surface area contributed by atoms with E-state index >= 15 is 0 Å². The van der Waals surface area contributed by atoms with Gasteiger partial charge in [-0.3, -0.25) is 13.9 Å². The molecular weight excluding hydrogens is 372 g/mol. The van der Waals surface area contributed by atoms with E-state index in [0.717, 1.165) is 21.0 Å². The second-order valence-corrected chi connectivity index (χ2v) is 7.56. The molecule has 6 nitrogen and oxygen atoms in total. The highest BCUT2D eigenvalue weighted by molar-refractivity contribution is 7.98. The molecule has 2 aromatic heterocycles. The standard InChI is InChI=1S/C21H20N4O2S/c1-23-18-17(19(26)24(2)21(23)27)25(13-15-9-5-3-6-10-15)20(22-18)28-14-16-11-7-4-8-12-16/h3-12H,13-14H2,1-2H3. The van der Waals surface area contributed by atoms with Gasteiger partial charge in [0, 0.05) is 19.8 Å². The number of nitrogens with zero attached hydrogens (tertiary/aromatic N) is 4. The smallest absolute Gasteiger partial charge is 0.309 e. The fourth-order valence-corrected chi connectivity index (χ4v) is 4.12. The average Bonchev–Trinajstić information content (AvgIpc) is 3.09. The number of rotatable bonds is 5. The zero-order valence-corrected chi connectivity index (χ0v) is 16.5. The van der Waals surface area contributed by atoms with Crippen LogP contribution in [0.5, 0.6) is 0 Å². The van der Waals surface area contributed by atoms with Crippen LogP contribution in [-0.2, 0) is 26.4 Å². The molecule has 2 aromatic carbocycles. The second kappa shape index (κ2) is 7.52. The molecule has 0 fully saturated rings. The van der Waals surface area contributed by atoms with Gasteiger partial charge in [-0.05, 0) is 11.1 Å². The van der Waals surface area contributed by atoms with Gasteiger partial charge in [-0.25, -0.2) is 9.78 Å². The third kappa shape index (κ3) is 3.29. The Morgan fingerprint density at radius 2 is 1.46 bits per heavy atom. The van der Waals surface area contributed by atoms with Crippen LogP contribution in [0.3, 0.4) is 0 Å². The van der Waals surface area contributed by atoms with Gasteiger partial charge in [0.05, 0.1) is 6.54 Å². The van der Waals surface area contributed by atoms with Crippen LogP contribution in [0.15, 0.2) is 75.4 Å². The number of hydrogen-bond donors (Lipinski definition) is 0. The second-order valence-electron chi connectivity index (χ2n) is 6.62. The van der Waals surface area contributed by atoms with Gasteiger partial charge in [-0.1, -0.05) is 72.4 Å². The van der Waals surface area contributed by atoms with Crippen LogP contribution in [-0.4, -0.2) is 18.7 Å². The van der Waals surface area contributed by atoms with Gasteiger partial charge in [0.1, 0.15) is 0 Å². The van der Waals surface area contributed by atoms with Crippen molar-refractivity contribution < 1.29 is 0 Å². The molecule has 0 amide bonds. The van der Waals surface area contributed by atoms with Gasteiger partial charge in [-0.15, -0.1) is 0 Å². The normalized spacial score (nSPS) is 11.2. The maximum absolute atomic E-state index is 12.9. The minimum Gasteiger partial charge on any atom is -0.309 e. The highest BCUT2D eigenvalue weighted by Gasteiger charge is 2.19. The van der Waals surface area contributed by atoms with Crippen LogP contribution in [0.1, 0.15) is 11.1 Å². The van der Waals surface area contributed by atoms with Crippen LogP contribution in [0.25, 0.3) is 11.2 Å². The first-order valence-corrected chi connectivity index (χ1v) is 9.91. The van der Waals surface area contributed by atoms with Crippen molar-refractivity contribution in [2.24, 2.45) is 14.1 Å². The molecule has 0 saturated carbocycles. The van der Waals surface area contributed by atoms with Crippen molar-refractivity contribution in [3.05, 3.63) is 92.6 Å². The van der Waals surface area contributed by atoms with E-state index in [1.807, 2.05) is 53.1 Å². The number of aryl methyl sites for hydroxylation is 1. The van der Waals surface area contributed by atoms with Crippen molar-refractivity contribution in [3.8, 4) is 0 Å². The number of fused-ring (bicyclic) bond motifs is 1. The van der Waals surface area contributed by atoms with Gasteiger partial charge < -0.3 is 4.57 Å². The third-order valence-electron chi connectivity index (χ3n) is 4.71. The number of imidazole rings is 1. The lowest BCUT2D eigenvalue weighted by molar-refractivity contribution is 0.696. The lowest BCUT2D eigenvalue weighted by atomic mass is 10.2. The van der Waals surface area contributed by atoms with Crippen LogP contribution in [0, 0.1) is 0 Å². The quantitative estimate of drug-likeness (QED) is 0.490. The molecule has 28 heavy (non-hydrogen) atoms. The Balaban J connectivity index is 1.86. The summed E-state index contributed by atoms with van der Waals surface area (Å²) >= 11 is 1.56. The van der Waals surface area contributed by atoms with E-state index in [4.69, 9.17) is 0 Å². The fourth-order valence-electron chi connectivity index (χ4n) is 3.17. The van der Waals surface area contributed by atoms with E-state index in [1.54, 1.807) is 18.8 Å². The van der Waals surface area contributed by atoms with Crippen molar-refractivity contribution in [1.29, 1.82) is 0 Å². The molecule has 4 aromatic rings. The summed E-state index contributed by atoms with van der Waals surface area (Å²) in [5.74, 6) is 0.729. The minimum atomic E-state index is -0.374. The van der Waals surface area contributed by atoms with Gasteiger partial charge >= 0.3 is 5.69 Å². The predicted molar refractivity (Wildman–Crippen MR) is 112 cm³/mol. The first-order chi connectivity index (χ1) is 13.6. The van der Waals surface area contributed by atoms with Gasteiger partial charge in [-0.2, -0.15) is 0 Å². The van der Waals surface area contributed by atoms with Crippen LogP contribution in [0.4, 0.5) is 0 Å². The van der Waals surface area contributed by atoms with Crippen molar-refractivity contribution in [2.75, 3.05) is 0 Å². The molecule has 7 heteroatoms. The summed E-state index contributed by atoms with van der Waals surface area (Å²) in [6, 6.07) is 20.1. The predicted octanol–water partition coefficient (Wildman–Crippen LogP) is 2.77. The molecule has 0 aliphatic heterocycles. The number of aromatic nitrogens is 4. The molecule has 0 aliphatic rings. The molecule has 0 N–H and O–H groups in total. The summed E-state index contributed by atoms with van der Waals surface area (Å²) in [4.78, 5) is 29.9. The SMILES string of the molecule is Cn1c(=O)c2c(nc(SCc3ccccc3)n2Cc2ccccc2)n(C)c1=O. The minimum absolute atomic E-state index is 0.326. The zero-order chi connectivity index (χ0) is 19.7. The highest BCUT2D eigenvalue weighted by atomic mass is 32.2. The Kier molecular flexibility index (Phi) is 4.92. The Labute approximate surface area is 166 Å². The lowest BCUT2D eigenvalue weighted by Crippen LogP contribution is -2.37.